The first-order valence-corrected chi connectivity index (χ1v) is 6.91. The molecule has 0 saturated carbocycles. The van der Waals surface area contributed by atoms with Crippen LogP contribution in [0.3, 0.4) is 0 Å². The zero-order valence-electron chi connectivity index (χ0n) is 12.0. The highest BCUT2D eigenvalue weighted by Crippen LogP contribution is 2.25. The molecular weight excluding hydrogens is 272 g/mol. The van der Waals surface area contributed by atoms with Crippen LogP contribution in [0, 0.1) is 11.8 Å². The van der Waals surface area contributed by atoms with E-state index in [2.05, 4.69) is 4.90 Å². The predicted molar refractivity (Wildman–Crippen MR) is 76.7 cm³/mol. The summed E-state index contributed by atoms with van der Waals surface area (Å²) in [6.45, 7) is 3.92. The molecule has 1 aliphatic rings. The quantitative estimate of drug-likeness (QED) is 0.805. The van der Waals surface area contributed by atoms with Crippen LogP contribution in [0.15, 0.2) is 24.3 Å². The molecule has 3 N–H and O–H groups in total. The average molecular weight is 292 g/mol. The van der Waals surface area contributed by atoms with E-state index in [0.29, 0.717) is 18.8 Å². The van der Waals surface area contributed by atoms with Gasteiger partial charge < -0.3 is 15.6 Å². The van der Waals surface area contributed by atoms with Crippen molar-refractivity contribution in [1.29, 1.82) is 0 Å². The van der Waals surface area contributed by atoms with Crippen molar-refractivity contribution in [1.82, 2.24) is 4.90 Å². The minimum absolute atomic E-state index is 0.136. The number of likely N-dealkylation sites (tertiary alicyclic amines) is 1. The van der Waals surface area contributed by atoms with Crippen LogP contribution in [0.2, 0.25) is 0 Å². The standard InChI is InChI=1S/C15H20N2O4/c1-10-6-17(8-13(10)15(19)20)7-11-2-4-12(5-3-11)21-9-14(16)18/h2-5,10,13H,6-9H2,1H3,(H2,16,18)(H,19,20). The fourth-order valence-electron chi connectivity index (χ4n) is 2.62. The van der Waals surface area contributed by atoms with Crippen molar-refractivity contribution in [3.63, 3.8) is 0 Å². The predicted octanol–water partition coefficient (Wildman–Crippen LogP) is 0.703. The van der Waals surface area contributed by atoms with E-state index in [4.69, 9.17) is 15.6 Å². The smallest absolute Gasteiger partial charge is 0.308 e. The lowest BCUT2D eigenvalue weighted by Crippen LogP contribution is -2.23. The maximum Gasteiger partial charge on any atom is 0.308 e. The number of rotatable bonds is 6. The van der Waals surface area contributed by atoms with Gasteiger partial charge in [0, 0.05) is 19.6 Å². The first-order chi connectivity index (χ1) is 9.95. The molecule has 6 nitrogen and oxygen atoms in total. The van der Waals surface area contributed by atoms with Crippen molar-refractivity contribution in [3.8, 4) is 5.75 Å². The van der Waals surface area contributed by atoms with E-state index >= 15 is 0 Å². The number of hydrogen-bond acceptors (Lipinski definition) is 4. The van der Waals surface area contributed by atoms with Gasteiger partial charge in [-0.15, -0.1) is 0 Å². The third-order valence-electron chi connectivity index (χ3n) is 3.72. The Balaban J connectivity index is 1.89. The molecule has 1 amide bonds. The monoisotopic (exact) mass is 292 g/mol. The molecule has 1 aromatic rings. The zero-order chi connectivity index (χ0) is 15.4. The molecule has 0 radical (unpaired) electrons. The normalized spacial score (nSPS) is 22.1. The van der Waals surface area contributed by atoms with Gasteiger partial charge in [-0.05, 0) is 23.6 Å². The Hall–Kier alpha value is -2.08. The Morgan fingerprint density at radius 1 is 1.33 bits per heavy atom. The summed E-state index contributed by atoms with van der Waals surface area (Å²) < 4.78 is 5.19. The summed E-state index contributed by atoms with van der Waals surface area (Å²) in [4.78, 5) is 23.9. The van der Waals surface area contributed by atoms with Crippen LogP contribution in [0.5, 0.6) is 5.75 Å². The molecule has 6 heteroatoms. The van der Waals surface area contributed by atoms with Crippen molar-refractivity contribution in [2.24, 2.45) is 17.6 Å². The Bertz CT molecular complexity index is 515. The molecule has 1 heterocycles. The van der Waals surface area contributed by atoms with E-state index in [-0.39, 0.29) is 18.4 Å². The Morgan fingerprint density at radius 3 is 2.52 bits per heavy atom. The van der Waals surface area contributed by atoms with Gasteiger partial charge in [0.1, 0.15) is 5.75 Å². The van der Waals surface area contributed by atoms with Gasteiger partial charge in [0.25, 0.3) is 5.91 Å². The molecule has 2 rings (SSSR count). The van der Waals surface area contributed by atoms with Gasteiger partial charge in [0.2, 0.25) is 0 Å². The third kappa shape index (κ3) is 4.19. The highest BCUT2D eigenvalue weighted by Gasteiger charge is 2.34. The Labute approximate surface area is 123 Å². The van der Waals surface area contributed by atoms with Gasteiger partial charge in [-0.3, -0.25) is 14.5 Å². The molecule has 114 valence electrons. The van der Waals surface area contributed by atoms with Crippen molar-refractivity contribution in [2.75, 3.05) is 19.7 Å². The maximum atomic E-state index is 11.1. The molecule has 21 heavy (non-hydrogen) atoms. The number of nitrogens with zero attached hydrogens (tertiary/aromatic N) is 1. The van der Waals surface area contributed by atoms with Gasteiger partial charge in [0.15, 0.2) is 6.61 Å². The highest BCUT2D eigenvalue weighted by molar-refractivity contribution is 5.75. The highest BCUT2D eigenvalue weighted by atomic mass is 16.5. The van der Waals surface area contributed by atoms with E-state index in [1.54, 1.807) is 12.1 Å². The van der Waals surface area contributed by atoms with Crippen molar-refractivity contribution in [3.05, 3.63) is 29.8 Å². The van der Waals surface area contributed by atoms with E-state index in [1.807, 2.05) is 19.1 Å². The number of amides is 1. The fraction of sp³-hybridized carbons (Fsp3) is 0.467. The van der Waals surface area contributed by atoms with E-state index in [1.165, 1.54) is 0 Å². The second kappa shape index (κ2) is 6.58. The second-order valence-corrected chi connectivity index (χ2v) is 5.52. The number of carboxylic acids is 1. The van der Waals surface area contributed by atoms with Gasteiger partial charge in [-0.25, -0.2) is 0 Å². The van der Waals surface area contributed by atoms with Gasteiger partial charge in [-0.1, -0.05) is 19.1 Å². The largest absolute Gasteiger partial charge is 0.484 e. The maximum absolute atomic E-state index is 11.1. The fourth-order valence-corrected chi connectivity index (χ4v) is 2.62. The molecule has 0 spiro atoms. The number of carbonyl (C=O) groups is 2. The van der Waals surface area contributed by atoms with Crippen LogP contribution < -0.4 is 10.5 Å². The van der Waals surface area contributed by atoms with Crippen molar-refractivity contribution >= 4 is 11.9 Å². The summed E-state index contributed by atoms with van der Waals surface area (Å²) in [5.74, 6) is -0.760. The molecular formula is C15H20N2O4. The lowest BCUT2D eigenvalue weighted by Gasteiger charge is -2.15. The van der Waals surface area contributed by atoms with Crippen LogP contribution >= 0.6 is 0 Å². The van der Waals surface area contributed by atoms with Crippen LogP contribution in [0.1, 0.15) is 12.5 Å². The van der Waals surface area contributed by atoms with Crippen LogP contribution in [0.25, 0.3) is 0 Å². The molecule has 1 fully saturated rings. The van der Waals surface area contributed by atoms with Gasteiger partial charge in [0.05, 0.1) is 5.92 Å². The first kappa shape index (κ1) is 15.3. The zero-order valence-corrected chi connectivity index (χ0v) is 12.0. The molecule has 2 unspecified atom stereocenters. The van der Waals surface area contributed by atoms with Crippen molar-refractivity contribution in [2.45, 2.75) is 13.5 Å². The van der Waals surface area contributed by atoms with Crippen LogP contribution in [0.4, 0.5) is 0 Å². The minimum atomic E-state index is -0.722. The number of primary amides is 1. The molecule has 1 saturated heterocycles. The molecule has 0 aromatic heterocycles. The summed E-state index contributed by atoms with van der Waals surface area (Å²) in [5.41, 5.74) is 6.09. The molecule has 0 aliphatic carbocycles. The summed E-state index contributed by atoms with van der Waals surface area (Å²) in [5, 5.41) is 9.13. The summed E-state index contributed by atoms with van der Waals surface area (Å²) in [6.07, 6.45) is 0. The molecule has 2 atom stereocenters. The van der Waals surface area contributed by atoms with Gasteiger partial charge >= 0.3 is 5.97 Å². The number of ether oxygens (including phenoxy) is 1. The Morgan fingerprint density at radius 2 is 2.00 bits per heavy atom. The second-order valence-electron chi connectivity index (χ2n) is 5.52. The summed E-state index contributed by atoms with van der Waals surface area (Å²) >= 11 is 0. The van der Waals surface area contributed by atoms with Gasteiger partial charge in [-0.2, -0.15) is 0 Å². The van der Waals surface area contributed by atoms with Crippen LogP contribution in [-0.2, 0) is 16.1 Å². The van der Waals surface area contributed by atoms with E-state index in [0.717, 1.165) is 12.1 Å². The minimum Gasteiger partial charge on any atom is -0.484 e. The number of aliphatic carboxylic acids is 1. The first-order valence-electron chi connectivity index (χ1n) is 6.91. The molecule has 0 bridgehead atoms. The lowest BCUT2D eigenvalue weighted by atomic mass is 9.99. The van der Waals surface area contributed by atoms with E-state index < -0.39 is 11.9 Å². The topological polar surface area (TPSA) is 92.9 Å². The Kier molecular flexibility index (Phi) is 4.80. The average Bonchev–Trinajstić information content (AvgIpc) is 2.79. The lowest BCUT2D eigenvalue weighted by molar-refractivity contribution is -0.142. The SMILES string of the molecule is CC1CN(Cc2ccc(OCC(N)=O)cc2)CC1C(=O)O. The summed E-state index contributed by atoms with van der Waals surface area (Å²) in [6, 6.07) is 7.39. The third-order valence-corrected chi connectivity index (χ3v) is 3.72. The van der Waals surface area contributed by atoms with Crippen LogP contribution in [-0.4, -0.2) is 41.6 Å². The number of hydrogen-bond donors (Lipinski definition) is 2. The number of carboxylic acid groups (broad SMARTS) is 1. The molecule has 1 aliphatic heterocycles. The number of benzene rings is 1. The number of nitrogens with two attached hydrogens (primary N) is 1. The molecule has 1 aromatic carbocycles. The van der Waals surface area contributed by atoms with Crippen molar-refractivity contribution < 1.29 is 19.4 Å². The number of carbonyl (C=O) groups excluding carboxylic acids is 1. The van der Waals surface area contributed by atoms with E-state index in [9.17, 15) is 9.59 Å². The summed E-state index contributed by atoms with van der Waals surface area (Å²) in [7, 11) is 0.